The largest absolute Gasteiger partial charge is 0.354 e. The molecule has 3 heterocycles. The highest BCUT2D eigenvalue weighted by Crippen LogP contribution is 2.30. The Kier molecular flexibility index (Phi) is 4.91. The molecule has 7 heteroatoms. The number of fused-ring (bicyclic) bond motifs is 2. The van der Waals surface area contributed by atoms with E-state index >= 15 is 0 Å². The van der Waals surface area contributed by atoms with E-state index in [1.807, 2.05) is 66.7 Å². The molecule has 0 bridgehead atoms. The Morgan fingerprint density at radius 1 is 0.800 bits per heavy atom. The van der Waals surface area contributed by atoms with Crippen LogP contribution in [0.1, 0.15) is 17.0 Å². The monoisotopic (exact) mass is 445 g/mol. The summed E-state index contributed by atoms with van der Waals surface area (Å²) in [5, 5.41) is 2.10. The first-order valence-electron chi connectivity index (χ1n) is 9.36. The van der Waals surface area contributed by atoms with Crippen molar-refractivity contribution in [3.8, 4) is 0 Å². The normalized spacial score (nSPS) is 12.3. The second kappa shape index (κ2) is 7.73. The van der Waals surface area contributed by atoms with Gasteiger partial charge in [0.1, 0.15) is 10.0 Å². The summed E-state index contributed by atoms with van der Waals surface area (Å²) in [6.07, 6.45) is 1.63. The van der Waals surface area contributed by atoms with Gasteiger partial charge in [-0.15, -0.1) is 0 Å². The van der Waals surface area contributed by atoms with Gasteiger partial charge in [-0.1, -0.05) is 60.8 Å². The molecule has 0 saturated heterocycles. The Bertz CT molecular complexity index is 1400. The number of nitrogens with zero attached hydrogens (tertiary/aromatic N) is 1. The molecule has 0 aliphatic carbocycles. The maximum absolute atomic E-state index is 13.4. The smallest absolute Gasteiger partial charge is 0.162 e. The summed E-state index contributed by atoms with van der Waals surface area (Å²) in [4.78, 5) is 11.6. The Balaban J connectivity index is 1.52. The van der Waals surface area contributed by atoms with Crippen LogP contribution in [0.5, 0.6) is 0 Å². The average Bonchev–Trinajstić information content (AvgIpc) is 3.41. The number of rotatable bonds is 5. The van der Waals surface area contributed by atoms with Gasteiger partial charge in [-0.3, -0.25) is 4.98 Å². The summed E-state index contributed by atoms with van der Waals surface area (Å²) < 4.78 is 13.8. The van der Waals surface area contributed by atoms with E-state index in [2.05, 4.69) is 15.0 Å². The summed E-state index contributed by atoms with van der Waals surface area (Å²) in [7, 11) is -2.52. The molecule has 0 aliphatic heterocycles. The lowest BCUT2D eigenvalue weighted by Gasteiger charge is -2.09. The molecule has 0 aliphatic rings. The van der Waals surface area contributed by atoms with Gasteiger partial charge in [0, 0.05) is 33.6 Å². The fourth-order valence-corrected chi connectivity index (χ4v) is 5.54. The zero-order valence-corrected chi connectivity index (χ0v) is 18.3. The van der Waals surface area contributed by atoms with E-state index in [1.54, 1.807) is 12.3 Å². The third-order valence-electron chi connectivity index (χ3n) is 5.02. The Morgan fingerprint density at radius 2 is 1.40 bits per heavy atom. The fraction of sp³-hybridized carbons (Fsp3) is 0. The van der Waals surface area contributed by atoms with Crippen molar-refractivity contribution in [1.82, 2.24) is 15.0 Å². The predicted octanol–water partition coefficient (Wildman–Crippen LogP) is 5.37. The minimum atomic E-state index is -2.52. The zero-order chi connectivity index (χ0) is 20.7. The van der Waals surface area contributed by atoms with Crippen molar-refractivity contribution in [1.29, 1.82) is 0 Å². The van der Waals surface area contributed by atoms with E-state index in [4.69, 9.17) is 24.4 Å². The second-order valence-corrected chi connectivity index (χ2v) is 9.74. The van der Waals surface area contributed by atoms with Crippen molar-refractivity contribution in [2.24, 2.45) is 0 Å². The number of para-hydroxylation sites is 2. The molecule has 4 nitrogen and oxygen atoms in total. The lowest BCUT2D eigenvalue weighted by atomic mass is 10.1. The Morgan fingerprint density at radius 3 is 2.07 bits per heavy atom. The number of hydrogen-bond donors (Lipinski definition) is 2. The van der Waals surface area contributed by atoms with Gasteiger partial charge in [0.2, 0.25) is 0 Å². The van der Waals surface area contributed by atoms with Crippen molar-refractivity contribution in [2.75, 3.05) is 0 Å². The molecule has 5 rings (SSSR count). The molecule has 1 unspecified atom stereocenters. The number of pyridine rings is 1. The highest BCUT2D eigenvalue weighted by Gasteiger charge is 2.21. The number of thiocarbonyl (C=S) groups is 2. The van der Waals surface area contributed by atoms with Crippen LogP contribution in [-0.4, -0.2) is 24.4 Å². The van der Waals surface area contributed by atoms with E-state index in [0.717, 1.165) is 27.5 Å². The SMILES string of the molecule is O=[PH](C(=S)c1cc2ccccc2[nH]1)c1ncccc1C(=S)c1cc2ccccc2[nH]1. The fourth-order valence-electron chi connectivity index (χ4n) is 3.54. The van der Waals surface area contributed by atoms with Crippen LogP contribution in [0.3, 0.4) is 0 Å². The number of nitrogens with one attached hydrogen (secondary N) is 2. The number of benzene rings is 2. The summed E-state index contributed by atoms with van der Waals surface area (Å²) >= 11 is 11.3. The average molecular weight is 446 g/mol. The highest BCUT2D eigenvalue weighted by atomic mass is 32.1. The zero-order valence-electron chi connectivity index (χ0n) is 15.7. The first-order chi connectivity index (χ1) is 14.6. The summed E-state index contributed by atoms with van der Waals surface area (Å²) in [6, 6.07) is 23.4. The van der Waals surface area contributed by atoms with Crippen LogP contribution in [0.2, 0.25) is 0 Å². The molecule has 2 aromatic carbocycles. The number of aromatic nitrogens is 3. The molecular formula is C23H16N3OPS2. The van der Waals surface area contributed by atoms with Gasteiger partial charge in [0.25, 0.3) is 0 Å². The van der Waals surface area contributed by atoms with Crippen LogP contribution >= 0.6 is 32.2 Å². The third kappa shape index (κ3) is 3.33. The molecule has 5 aromatic rings. The van der Waals surface area contributed by atoms with Gasteiger partial charge in [-0.25, -0.2) is 0 Å². The molecule has 30 heavy (non-hydrogen) atoms. The van der Waals surface area contributed by atoms with Crippen molar-refractivity contribution in [2.45, 2.75) is 0 Å². The molecule has 2 N–H and O–H groups in total. The molecule has 0 spiro atoms. The molecule has 1 atom stereocenters. The van der Waals surface area contributed by atoms with Crippen LogP contribution in [0, 0.1) is 0 Å². The lowest BCUT2D eigenvalue weighted by Crippen LogP contribution is -2.18. The van der Waals surface area contributed by atoms with Gasteiger partial charge in [-0.2, -0.15) is 0 Å². The highest BCUT2D eigenvalue weighted by molar-refractivity contribution is 7.97. The first-order valence-corrected chi connectivity index (χ1v) is 11.6. The minimum Gasteiger partial charge on any atom is -0.354 e. The minimum absolute atomic E-state index is 0.371. The van der Waals surface area contributed by atoms with E-state index < -0.39 is 7.80 Å². The van der Waals surface area contributed by atoms with Crippen LogP contribution in [0.25, 0.3) is 21.8 Å². The quantitative estimate of drug-likeness (QED) is 0.217. The molecule has 0 saturated carbocycles. The predicted molar refractivity (Wildman–Crippen MR) is 132 cm³/mol. The van der Waals surface area contributed by atoms with Crippen molar-refractivity contribution in [3.63, 3.8) is 0 Å². The van der Waals surface area contributed by atoms with Crippen LogP contribution in [0.4, 0.5) is 0 Å². The third-order valence-corrected chi connectivity index (χ3v) is 7.75. The van der Waals surface area contributed by atoms with Crippen LogP contribution in [-0.2, 0) is 4.57 Å². The van der Waals surface area contributed by atoms with Crippen LogP contribution < -0.4 is 5.44 Å². The van der Waals surface area contributed by atoms with Crippen molar-refractivity contribution >= 4 is 68.9 Å². The van der Waals surface area contributed by atoms with E-state index in [-0.39, 0.29) is 0 Å². The van der Waals surface area contributed by atoms with Gasteiger partial charge in [0.05, 0.1) is 16.3 Å². The molecular weight excluding hydrogens is 429 g/mol. The summed E-state index contributed by atoms with van der Waals surface area (Å²) in [5.74, 6) is 0. The number of H-pyrrole nitrogens is 2. The molecule has 0 fully saturated rings. The topological polar surface area (TPSA) is 61.5 Å². The molecule has 0 amide bonds. The maximum atomic E-state index is 13.4. The van der Waals surface area contributed by atoms with E-state index in [1.165, 1.54) is 0 Å². The lowest BCUT2D eigenvalue weighted by molar-refractivity contribution is 0.599. The van der Waals surface area contributed by atoms with E-state index in [9.17, 15) is 4.57 Å². The van der Waals surface area contributed by atoms with Gasteiger partial charge >= 0.3 is 0 Å². The Hall–Kier alpha value is -2.92. The Labute approximate surface area is 184 Å². The van der Waals surface area contributed by atoms with Crippen LogP contribution in [0.15, 0.2) is 79.0 Å². The van der Waals surface area contributed by atoms with Crippen molar-refractivity contribution in [3.05, 3.63) is 95.9 Å². The van der Waals surface area contributed by atoms with Crippen molar-refractivity contribution < 1.29 is 4.57 Å². The van der Waals surface area contributed by atoms with E-state index in [0.29, 0.717) is 26.2 Å². The second-order valence-electron chi connectivity index (χ2n) is 6.93. The van der Waals surface area contributed by atoms with Gasteiger partial charge in [0.15, 0.2) is 7.80 Å². The number of hydrogen-bond acceptors (Lipinski definition) is 4. The summed E-state index contributed by atoms with van der Waals surface area (Å²) in [6.45, 7) is 0. The summed E-state index contributed by atoms with van der Waals surface area (Å²) in [5.41, 5.74) is 4.55. The maximum Gasteiger partial charge on any atom is 0.162 e. The molecule has 3 aromatic heterocycles. The first kappa shape index (κ1) is 19.1. The van der Waals surface area contributed by atoms with Gasteiger partial charge in [-0.05, 0) is 36.4 Å². The number of aromatic amines is 2. The van der Waals surface area contributed by atoms with Gasteiger partial charge < -0.3 is 14.5 Å². The molecule has 146 valence electrons. The standard InChI is InChI=1S/C23H16N3OPS2/c27-28(23(30)20-13-15-7-2-4-10-18(15)26-20)22-16(8-5-11-24-22)21(29)19-12-14-6-1-3-9-17(14)25-19/h1-13,25-26,28H. The molecule has 0 radical (unpaired) electrons.